The van der Waals surface area contributed by atoms with E-state index in [0.717, 1.165) is 12.2 Å². The minimum absolute atomic E-state index is 0.143. The van der Waals surface area contributed by atoms with Crippen LogP contribution in [0, 0.1) is 0 Å². The van der Waals surface area contributed by atoms with Crippen molar-refractivity contribution in [2.75, 3.05) is 18.6 Å². The summed E-state index contributed by atoms with van der Waals surface area (Å²) in [6.07, 6.45) is 14.4. The number of rotatable bonds is 14. The summed E-state index contributed by atoms with van der Waals surface area (Å²) in [5.74, 6) is 1.18. The molecule has 0 N–H and O–H groups in total. The molecule has 0 saturated heterocycles. The van der Waals surface area contributed by atoms with Crippen LogP contribution in [-0.2, 0) is 5.41 Å². The molecule has 154 valence electrons. The van der Waals surface area contributed by atoms with Crippen LogP contribution in [0.2, 0.25) is 0 Å². The quantitative estimate of drug-likeness (QED) is 0.208. The maximum atomic E-state index is 4.72. The zero-order valence-electron chi connectivity index (χ0n) is 18.6. The van der Waals surface area contributed by atoms with Crippen molar-refractivity contribution < 1.29 is 4.58 Å². The molecule has 4 heteroatoms. The van der Waals surface area contributed by atoms with Crippen LogP contribution in [0.3, 0.4) is 0 Å². The molecule has 0 bridgehead atoms. The minimum Gasteiger partial charge on any atom is -0.232 e. The Labute approximate surface area is 172 Å². The molecule has 2 unspecified atom stereocenters. The molecule has 0 aromatic carbocycles. The lowest BCUT2D eigenvalue weighted by atomic mass is 9.79. The first-order valence-corrected chi connectivity index (χ1v) is 12.3. The van der Waals surface area contributed by atoms with Crippen molar-refractivity contribution in [3.05, 3.63) is 23.5 Å². The van der Waals surface area contributed by atoms with Gasteiger partial charge in [-0.15, -0.1) is 5.10 Å². The lowest BCUT2D eigenvalue weighted by Gasteiger charge is -2.29. The predicted octanol–water partition coefficient (Wildman–Crippen LogP) is 6.42. The first-order valence-electron chi connectivity index (χ1n) is 10.9. The standard InChI is InChI=1S/C23H42N3S/c1-7-10-12-13-16-23(5,17-19-27-6)22-15-14-21(24-25-22)20(4)26(9-3)18-11-8-2/h9,14-15,20H,7-8,10-13,16-19H2,1-6H3/q+1. The fourth-order valence-electron chi connectivity index (χ4n) is 3.59. The zero-order chi connectivity index (χ0) is 20.1. The van der Waals surface area contributed by atoms with Crippen LogP contribution in [-0.4, -0.2) is 39.5 Å². The summed E-state index contributed by atoms with van der Waals surface area (Å²) in [4.78, 5) is 0. The molecule has 0 fully saturated rings. The Bertz CT molecular complexity index is 541. The maximum Gasteiger partial charge on any atom is 0.193 e. The van der Waals surface area contributed by atoms with Crippen molar-refractivity contribution >= 4 is 18.0 Å². The summed E-state index contributed by atoms with van der Waals surface area (Å²) < 4.78 is 2.38. The molecule has 2 atom stereocenters. The van der Waals surface area contributed by atoms with Crippen molar-refractivity contribution in [2.45, 2.75) is 97.4 Å². The minimum atomic E-state index is 0.143. The van der Waals surface area contributed by atoms with Gasteiger partial charge in [0.05, 0.1) is 5.69 Å². The van der Waals surface area contributed by atoms with Crippen molar-refractivity contribution in [1.82, 2.24) is 10.2 Å². The first kappa shape index (κ1) is 24.1. The summed E-state index contributed by atoms with van der Waals surface area (Å²) >= 11 is 1.93. The highest BCUT2D eigenvalue weighted by molar-refractivity contribution is 7.98. The van der Waals surface area contributed by atoms with Gasteiger partial charge in [0.2, 0.25) is 0 Å². The third kappa shape index (κ3) is 7.93. The lowest BCUT2D eigenvalue weighted by molar-refractivity contribution is -0.566. The maximum absolute atomic E-state index is 4.72. The van der Waals surface area contributed by atoms with Crippen LogP contribution in [0.25, 0.3) is 0 Å². The molecule has 1 heterocycles. The highest BCUT2D eigenvalue weighted by atomic mass is 32.2. The third-order valence-electron chi connectivity index (χ3n) is 5.77. The molecular weight excluding hydrogens is 350 g/mol. The van der Waals surface area contributed by atoms with E-state index in [1.807, 2.05) is 11.8 Å². The van der Waals surface area contributed by atoms with Crippen LogP contribution in [0.5, 0.6) is 0 Å². The Kier molecular flexibility index (Phi) is 11.9. The van der Waals surface area contributed by atoms with Gasteiger partial charge in [0, 0.05) is 25.7 Å². The Balaban J connectivity index is 2.89. The number of hydrogen-bond donors (Lipinski definition) is 0. The van der Waals surface area contributed by atoms with Crippen LogP contribution in [0.1, 0.15) is 103 Å². The lowest BCUT2D eigenvalue weighted by Crippen LogP contribution is -2.26. The predicted molar refractivity (Wildman–Crippen MR) is 121 cm³/mol. The van der Waals surface area contributed by atoms with E-state index in [0.29, 0.717) is 0 Å². The van der Waals surface area contributed by atoms with Crippen LogP contribution >= 0.6 is 11.8 Å². The van der Waals surface area contributed by atoms with E-state index in [-0.39, 0.29) is 11.5 Å². The molecule has 3 nitrogen and oxygen atoms in total. The second-order valence-electron chi connectivity index (χ2n) is 7.98. The van der Waals surface area contributed by atoms with Gasteiger partial charge in [0.1, 0.15) is 18.5 Å². The first-order chi connectivity index (χ1) is 13.0. The number of aromatic nitrogens is 2. The van der Waals surface area contributed by atoms with Crippen LogP contribution in [0.4, 0.5) is 0 Å². The van der Waals surface area contributed by atoms with Crippen molar-refractivity contribution in [2.24, 2.45) is 0 Å². The molecular formula is C23H42N3S+. The van der Waals surface area contributed by atoms with Crippen molar-refractivity contribution in [3.8, 4) is 0 Å². The molecule has 1 rings (SSSR count). The van der Waals surface area contributed by atoms with Crippen molar-refractivity contribution in [1.29, 1.82) is 0 Å². The number of nitrogens with zero attached hydrogens (tertiary/aromatic N) is 3. The number of hydrogen-bond acceptors (Lipinski definition) is 3. The molecule has 1 aromatic heterocycles. The summed E-state index contributed by atoms with van der Waals surface area (Å²) in [6, 6.07) is 4.73. The molecule has 0 aliphatic carbocycles. The van der Waals surface area contributed by atoms with E-state index < -0.39 is 0 Å². The van der Waals surface area contributed by atoms with Gasteiger partial charge >= 0.3 is 0 Å². The smallest absolute Gasteiger partial charge is 0.193 e. The Morgan fingerprint density at radius 3 is 2.37 bits per heavy atom. The fourth-order valence-corrected chi connectivity index (χ4v) is 4.25. The molecule has 0 amide bonds. The molecule has 27 heavy (non-hydrogen) atoms. The molecule has 0 aliphatic rings. The summed E-state index contributed by atoms with van der Waals surface area (Å²) in [5, 5.41) is 9.38. The summed E-state index contributed by atoms with van der Waals surface area (Å²) in [6.45, 7) is 12.3. The Hall–Kier alpha value is -0.900. The van der Waals surface area contributed by atoms with E-state index in [1.165, 1.54) is 62.8 Å². The average molecular weight is 393 g/mol. The van der Waals surface area contributed by atoms with Gasteiger partial charge < -0.3 is 0 Å². The van der Waals surface area contributed by atoms with Crippen molar-refractivity contribution in [3.63, 3.8) is 0 Å². The third-order valence-corrected chi connectivity index (χ3v) is 6.38. The van der Waals surface area contributed by atoms with Gasteiger partial charge in [0.25, 0.3) is 0 Å². The van der Waals surface area contributed by atoms with Gasteiger partial charge in [-0.05, 0) is 37.0 Å². The van der Waals surface area contributed by atoms with E-state index in [2.05, 4.69) is 68.9 Å². The highest BCUT2D eigenvalue weighted by Crippen LogP contribution is 2.33. The largest absolute Gasteiger partial charge is 0.232 e. The van der Waals surface area contributed by atoms with E-state index in [1.54, 1.807) is 0 Å². The molecule has 0 saturated carbocycles. The normalized spacial score (nSPS) is 15.6. The molecule has 1 aromatic rings. The molecule has 0 radical (unpaired) electrons. The SMILES string of the molecule is CC=[N+](CCCC)C(C)c1ccc(C(C)(CCCCCC)CCSC)nn1. The number of unbranched alkanes of at least 4 members (excludes halogenated alkanes) is 4. The second kappa shape index (κ2) is 13.3. The zero-order valence-corrected chi connectivity index (χ0v) is 19.4. The van der Waals surface area contributed by atoms with Gasteiger partial charge in [0.15, 0.2) is 6.04 Å². The van der Waals surface area contributed by atoms with E-state index in [9.17, 15) is 0 Å². The average Bonchev–Trinajstić information content (AvgIpc) is 2.70. The van der Waals surface area contributed by atoms with Gasteiger partial charge in [-0.3, -0.25) is 0 Å². The highest BCUT2D eigenvalue weighted by Gasteiger charge is 2.28. The van der Waals surface area contributed by atoms with Crippen LogP contribution in [0.15, 0.2) is 12.1 Å². The van der Waals surface area contributed by atoms with Crippen LogP contribution < -0.4 is 0 Å². The summed E-state index contributed by atoms with van der Waals surface area (Å²) in [7, 11) is 0. The van der Waals surface area contributed by atoms with E-state index in [4.69, 9.17) is 5.10 Å². The molecule has 0 spiro atoms. The number of thioether (sulfide) groups is 1. The Morgan fingerprint density at radius 1 is 1.07 bits per heavy atom. The molecule has 0 aliphatic heterocycles. The fraction of sp³-hybridized carbons (Fsp3) is 0.783. The summed E-state index contributed by atoms with van der Waals surface area (Å²) in [5.41, 5.74) is 2.39. The van der Waals surface area contributed by atoms with Gasteiger partial charge in [-0.25, -0.2) is 4.58 Å². The van der Waals surface area contributed by atoms with Gasteiger partial charge in [-0.2, -0.15) is 16.9 Å². The monoisotopic (exact) mass is 392 g/mol. The second-order valence-corrected chi connectivity index (χ2v) is 8.97. The van der Waals surface area contributed by atoms with Gasteiger partial charge in [-0.1, -0.05) is 52.9 Å². The Morgan fingerprint density at radius 2 is 1.81 bits per heavy atom. The van der Waals surface area contributed by atoms with E-state index >= 15 is 0 Å². The topological polar surface area (TPSA) is 28.8 Å².